The summed E-state index contributed by atoms with van der Waals surface area (Å²) in [6.07, 6.45) is 0.326. The molecule has 4 heteroatoms. The van der Waals surface area contributed by atoms with Gasteiger partial charge in [0.1, 0.15) is 10.1 Å². The Kier molecular flexibility index (Phi) is 4.25. The number of aliphatic hydroxyl groups excluding tert-OH is 1. The third-order valence-corrected chi connectivity index (χ3v) is 1.63. The van der Waals surface area contributed by atoms with Crippen LogP contribution in [0.3, 0.4) is 0 Å². The fourth-order valence-electron chi connectivity index (χ4n) is 0.616. The number of halogens is 2. The van der Waals surface area contributed by atoms with Crippen molar-refractivity contribution in [3.8, 4) is 0 Å². The van der Waals surface area contributed by atoms with Gasteiger partial charge >= 0.3 is 0 Å². The smallest absolute Gasteiger partial charge is 0.132 e. The largest absolute Gasteiger partial charge is 0.396 e. The molecule has 2 nitrogen and oxygen atoms in total. The highest BCUT2D eigenvalue weighted by Crippen LogP contribution is 2.28. The first-order valence-electron chi connectivity index (χ1n) is 2.96. The van der Waals surface area contributed by atoms with Crippen LogP contribution in [0.4, 0.5) is 0 Å². The lowest BCUT2D eigenvalue weighted by molar-refractivity contribution is -0.117. The zero-order chi connectivity index (χ0) is 8.20. The molecular formula is C6H10Cl2O2. The lowest BCUT2D eigenvalue weighted by Gasteiger charge is -2.15. The molecule has 60 valence electrons. The van der Waals surface area contributed by atoms with Gasteiger partial charge in [0.25, 0.3) is 0 Å². The van der Waals surface area contributed by atoms with Crippen molar-refractivity contribution in [2.75, 3.05) is 6.61 Å². The van der Waals surface area contributed by atoms with Gasteiger partial charge in [-0.25, -0.2) is 0 Å². The minimum absolute atomic E-state index is 0.0709. The normalized spacial score (nSPS) is 11.6. The summed E-state index contributed by atoms with van der Waals surface area (Å²) in [6, 6.07) is 0. The molecule has 0 rings (SSSR count). The van der Waals surface area contributed by atoms with E-state index in [1.165, 1.54) is 6.92 Å². The van der Waals surface area contributed by atoms with Crippen LogP contribution in [0, 0.1) is 0 Å². The van der Waals surface area contributed by atoms with E-state index in [-0.39, 0.29) is 25.2 Å². The zero-order valence-electron chi connectivity index (χ0n) is 5.73. The molecule has 0 aliphatic rings. The number of hydrogen-bond acceptors (Lipinski definition) is 2. The van der Waals surface area contributed by atoms with E-state index in [2.05, 4.69) is 0 Å². The molecule has 0 unspecified atom stereocenters. The summed E-state index contributed by atoms with van der Waals surface area (Å²) in [5.41, 5.74) is 0. The summed E-state index contributed by atoms with van der Waals surface area (Å²) in [6.45, 7) is 1.32. The molecule has 0 spiro atoms. The Labute approximate surface area is 70.1 Å². The Balaban J connectivity index is 3.74. The van der Waals surface area contributed by atoms with Gasteiger partial charge in [-0.15, -0.1) is 23.2 Å². The van der Waals surface area contributed by atoms with E-state index in [4.69, 9.17) is 28.3 Å². The maximum Gasteiger partial charge on any atom is 0.132 e. The molecule has 10 heavy (non-hydrogen) atoms. The zero-order valence-corrected chi connectivity index (χ0v) is 7.24. The quantitative estimate of drug-likeness (QED) is 0.674. The van der Waals surface area contributed by atoms with Crippen LogP contribution in [0.2, 0.25) is 0 Å². The number of carbonyl (C=O) groups excluding carboxylic acids is 1. The van der Waals surface area contributed by atoms with E-state index in [9.17, 15) is 4.79 Å². The Morgan fingerprint density at radius 2 is 2.10 bits per heavy atom. The van der Waals surface area contributed by atoms with Gasteiger partial charge in [-0.05, 0) is 6.92 Å². The summed E-state index contributed by atoms with van der Waals surface area (Å²) in [4.78, 5) is 10.5. The fourth-order valence-corrected chi connectivity index (χ4v) is 1.16. The summed E-state index contributed by atoms with van der Waals surface area (Å²) >= 11 is 11.2. The van der Waals surface area contributed by atoms with Gasteiger partial charge in [0, 0.05) is 19.4 Å². The molecule has 0 aromatic heterocycles. The fraction of sp³-hybridized carbons (Fsp3) is 0.833. The van der Waals surface area contributed by atoms with E-state index in [0.29, 0.717) is 0 Å². The second kappa shape index (κ2) is 4.16. The van der Waals surface area contributed by atoms with Crippen molar-refractivity contribution in [3.63, 3.8) is 0 Å². The molecule has 0 atom stereocenters. The Bertz CT molecular complexity index is 123. The summed E-state index contributed by atoms with van der Waals surface area (Å²) in [5.74, 6) is -0.0709. The van der Waals surface area contributed by atoms with E-state index in [0.717, 1.165) is 0 Å². The molecule has 0 aromatic carbocycles. The molecule has 0 saturated heterocycles. The topological polar surface area (TPSA) is 37.3 Å². The predicted molar refractivity (Wildman–Crippen MR) is 41.4 cm³/mol. The minimum atomic E-state index is -1.08. The van der Waals surface area contributed by atoms with E-state index < -0.39 is 4.33 Å². The van der Waals surface area contributed by atoms with Crippen molar-refractivity contribution in [2.24, 2.45) is 0 Å². The average molecular weight is 185 g/mol. The molecule has 0 aromatic rings. The highest BCUT2D eigenvalue weighted by atomic mass is 35.5. The maximum absolute atomic E-state index is 10.5. The van der Waals surface area contributed by atoms with E-state index >= 15 is 0 Å². The van der Waals surface area contributed by atoms with E-state index in [1.54, 1.807) is 0 Å². The summed E-state index contributed by atoms with van der Waals surface area (Å²) in [7, 11) is 0. The molecule has 0 saturated carbocycles. The molecule has 0 aliphatic carbocycles. The van der Waals surface area contributed by atoms with Crippen LogP contribution >= 0.6 is 23.2 Å². The second-order valence-corrected chi connectivity index (χ2v) is 3.85. The van der Waals surface area contributed by atoms with Gasteiger partial charge in [0.2, 0.25) is 0 Å². The van der Waals surface area contributed by atoms with Crippen molar-refractivity contribution >= 4 is 29.0 Å². The van der Waals surface area contributed by atoms with Crippen LogP contribution in [0.1, 0.15) is 19.8 Å². The Morgan fingerprint density at radius 1 is 1.60 bits per heavy atom. The number of rotatable bonds is 4. The molecular weight excluding hydrogens is 175 g/mol. The van der Waals surface area contributed by atoms with Crippen LogP contribution in [0.5, 0.6) is 0 Å². The van der Waals surface area contributed by atoms with Crippen LogP contribution in [-0.2, 0) is 4.79 Å². The first kappa shape index (κ1) is 10.2. The minimum Gasteiger partial charge on any atom is -0.396 e. The second-order valence-electron chi connectivity index (χ2n) is 2.21. The first-order valence-corrected chi connectivity index (χ1v) is 3.71. The lowest BCUT2D eigenvalue weighted by Crippen LogP contribution is -2.18. The van der Waals surface area contributed by atoms with Crippen molar-refractivity contribution in [1.29, 1.82) is 0 Å². The van der Waals surface area contributed by atoms with Crippen molar-refractivity contribution in [1.82, 2.24) is 0 Å². The van der Waals surface area contributed by atoms with Crippen molar-refractivity contribution in [3.05, 3.63) is 0 Å². The standard InChI is InChI=1S/C6H10Cl2O2/c1-5(10)4-6(7,8)2-3-9/h9H,2-4H2,1H3. The van der Waals surface area contributed by atoms with Crippen molar-refractivity contribution < 1.29 is 9.90 Å². The monoisotopic (exact) mass is 184 g/mol. The van der Waals surface area contributed by atoms with Crippen LogP contribution in [-0.4, -0.2) is 21.8 Å². The third-order valence-electron chi connectivity index (χ3n) is 0.985. The summed E-state index contributed by atoms with van der Waals surface area (Å²) in [5, 5.41) is 8.43. The van der Waals surface area contributed by atoms with Crippen LogP contribution < -0.4 is 0 Å². The predicted octanol–water partition coefficient (Wildman–Crippen LogP) is 1.52. The van der Waals surface area contributed by atoms with Crippen LogP contribution in [0.25, 0.3) is 0 Å². The van der Waals surface area contributed by atoms with Gasteiger partial charge in [0.15, 0.2) is 0 Å². The first-order chi connectivity index (χ1) is 4.48. The molecule has 0 fully saturated rings. The summed E-state index contributed by atoms with van der Waals surface area (Å²) < 4.78 is -1.08. The number of hydrogen-bond donors (Lipinski definition) is 1. The van der Waals surface area contributed by atoms with E-state index in [1.807, 2.05) is 0 Å². The number of aliphatic hydroxyl groups is 1. The molecule has 0 radical (unpaired) electrons. The van der Waals surface area contributed by atoms with Gasteiger partial charge in [-0.1, -0.05) is 0 Å². The SMILES string of the molecule is CC(=O)CC(Cl)(Cl)CCO. The lowest BCUT2D eigenvalue weighted by atomic mass is 10.2. The highest BCUT2D eigenvalue weighted by molar-refractivity contribution is 6.49. The molecule has 0 heterocycles. The molecule has 0 aliphatic heterocycles. The maximum atomic E-state index is 10.5. The molecule has 0 bridgehead atoms. The van der Waals surface area contributed by atoms with Gasteiger partial charge in [-0.2, -0.15) is 0 Å². The van der Waals surface area contributed by atoms with Gasteiger partial charge in [0.05, 0.1) is 0 Å². The Hall–Kier alpha value is 0.210. The number of Topliss-reactive ketones (excluding diaryl/α,β-unsaturated/α-hetero) is 1. The number of ketones is 1. The molecule has 0 amide bonds. The molecule has 1 N–H and O–H groups in total. The highest BCUT2D eigenvalue weighted by Gasteiger charge is 2.24. The van der Waals surface area contributed by atoms with Crippen LogP contribution in [0.15, 0.2) is 0 Å². The van der Waals surface area contributed by atoms with Gasteiger partial charge < -0.3 is 5.11 Å². The average Bonchev–Trinajstić information content (AvgIpc) is 1.59. The number of alkyl halides is 2. The van der Waals surface area contributed by atoms with Gasteiger partial charge in [-0.3, -0.25) is 4.79 Å². The number of carbonyl (C=O) groups is 1. The van der Waals surface area contributed by atoms with Crippen molar-refractivity contribution in [2.45, 2.75) is 24.1 Å². The Morgan fingerprint density at radius 3 is 2.40 bits per heavy atom. The third kappa shape index (κ3) is 5.03.